The topological polar surface area (TPSA) is 75.7 Å². The van der Waals surface area contributed by atoms with Gasteiger partial charge in [0.25, 0.3) is 5.56 Å². The van der Waals surface area contributed by atoms with Gasteiger partial charge < -0.3 is 4.90 Å². The maximum atomic E-state index is 13.5. The van der Waals surface area contributed by atoms with Crippen LogP contribution in [0.1, 0.15) is 23.4 Å². The second-order valence-corrected chi connectivity index (χ2v) is 10.3. The van der Waals surface area contributed by atoms with E-state index in [1.54, 1.807) is 4.57 Å². The van der Waals surface area contributed by atoms with Gasteiger partial charge in [0.2, 0.25) is 11.7 Å². The molecule has 3 heterocycles. The van der Waals surface area contributed by atoms with Crippen LogP contribution in [-0.2, 0) is 24.3 Å². The molecule has 39 heavy (non-hydrogen) atoms. The maximum absolute atomic E-state index is 13.5. The van der Waals surface area contributed by atoms with E-state index in [0.29, 0.717) is 47.9 Å². The molecule has 0 unspecified atom stereocenters. The first-order chi connectivity index (χ1) is 19.1. The molecule has 0 saturated carbocycles. The molecule has 5 aromatic rings. The fraction of sp³-hybridized carbons (Fsp3) is 0.267. The van der Waals surface area contributed by atoms with Gasteiger partial charge in [0.1, 0.15) is 5.82 Å². The monoisotopic (exact) mass is 540 g/mol. The summed E-state index contributed by atoms with van der Waals surface area (Å²) in [7, 11) is 0. The number of fused-ring (bicyclic) bond motifs is 3. The Morgan fingerprint density at radius 1 is 0.821 bits per heavy atom. The highest BCUT2D eigenvalue weighted by molar-refractivity contribution is 6.31. The molecule has 9 heteroatoms. The Bertz CT molecular complexity index is 1690. The molecule has 1 saturated heterocycles. The van der Waals surface area contributed by atoms with Crippen molar-refractivity contribution in [2.24, 2.45) is 0 Å². The molecule has 8 nitrogen and oxygen atoms in total. The van der Waals surface area contributed by atoms with Crippen LogP contribution in [0, 0.1) is 0 Å². The lowest BCUT2D eigenvalue weighted by Gasteiger charge is -2.34. The first kappa shape index (κ1) is 25.3. The van der Waals surface area contributed by atoms with E-state index in [9.17, 15) is 9.59 Å². The van der Waals surface area contributed by atoms with Gasteiger partial charge in [-0.1, -0.05) is 72.3 Å². The maximum Gasteiger partial charge on any atom is 0.263 e. The lowest BCUT2D eigenvalue weighted by Crippen LogP contribution is -2.48. The third-order valence-electron chi connectivity index (χ3n) is 7.40. The van der Waals surface area contributed by atoms with Crippen molar-refractivity contribution in [2.75, 3.05) is 26.2 Å². The highest BCUT2D eigenvalue weighted by Gasteiger charge is 2.23. The predicted octanol–water partition coefficient (Wildman–Crippen LogP) is 4.02. The molecule has 6 rings (SSSR count). The van der Waals surface area contributed by atoms with Gasteiger partial charge in [0, 0.05) is 50.6 Å². The Hall–Kier alpha value is -4.01. The van der Waals surface area contributed by atoms with Gasteiger partial charge in [-0.3, -0.25) is 23.5 Å². The largest absolute Gasteiger partial charge is 0.340 e. The van der Waals surface area contributed by atoms with Crippen molar-refractivity contribution < 1.29 is 4.79 Å². The van der Waals surface area contributed by atoms with Gasteiger partial charge in [0.05, 0.1) is 17.4 Å². The van der Waals surface area contributed by atoms with Crippen molar-refractivity contribution in [2.45, 2.75) is 25.9 Å². The highest BCUT2D eigenvalue weighted by atomic mass is 35.5. The summed E-state index contributed by atoms with van der Waals surface area (Å²) in [6, 6.07) is 25.3. The first-order valence-corrected chi connectivity index (χ1v) is 13.6. The molecule has 1 aliphatic rings. The third kappa shape index (κ3) is 5.17. The SMILES string of the molecule is O=C(CCc1nnc2n(Cc3ccccc3Cl)c(=O)c3ccccc3n12)N1CCN(Cc2ccccc2)CC1. The van der Waals surface area contributed by atoms with Crippen LogP contribution < -0.4 is 5.56 Å². The number of benzene rings is 3. The van der Waals surface area contributed by atoms with E-state index in [-0.39, 0.29) is 18.0 Å². The van der Waals surface area contributed by atoms with Crippen molar-refractivity contribution in [3.05, 3.63) is 111 Å². The Balaban J connectivity index is 1.20. The number of halogens is 1. The number of carbonyl (C=O) groups excluding carboxylic acids is 1. The fourth-order valence-corrected chi connectivity index (χ4v) is 5.49. The average molecular weight is 541 g/mol. The van der Waals surface area contributed by atoms with E-state index in [2.05, 4.69) is 39.4 Å². The minimum atomic E-state index is -0.151. The van der Waals surface area contributed by atoms with E-state index in [1.807, 2.05) is 63.9 Å². The Labute approximate surface area is 231 Å². The summed E-state index contributed by atoms with van der Waals surface area (Å²) in [5, 5.41) is 9.98. The zero-order chi connectivity index (χ0) is 26.8. The van der Waals surface area contributed by atoms with Crippen molar-refractivity contribution in [3.63, 3.8) is 0 Å². The van der Waals surface area contributed by atoms with Crippen molar-refractivity contribution in [1.82, 2.24) is 29.0 Å². The molecule has 3 aromatic carbocycles. The molecule has 2 aromatic heterocycles. The van der Waals surface area contributed by atoms with Crippen LogP contribution in [0.5, 0.6) is 0 Å². The van der Waals surface area contributed by atoms with Crippen molar-refractivity contribution in [3.8, 4) is 0 Å². The van der Waals surface area contributed by atoms with E-state index in [4.69, 9.17) is 11.6 Å². The van der Waals surface area contributed by atoms with E-state index < -0.39 is 0 Å². The second kappa shape index (κ2) is 11.0. The minimum absolute atomic E-state index is 0.111. The summed E-state index contributed by atoms with van der Waals surface area (Å²) >= 11 is 6.41. The van der Waals surface area contributed by atoms with Crippen molar-refractivity contribution >= 4 is 34.2 Å². The van der Waals surface area contributed by atoms with Crippen LogP contribution in [0.3, 0.4) is 0 Å². The smallest absolute Gasteiger partial charge is 0.263 e. The number of aryl methyl sites for hydroxylation is 1. The standard InChI is InChI=1S/C30H29ClN6O2/c31-25-12-6-4-10-23(25)21-36-29(39)24-11-5-7-13-26(24)37-27(32-33-30(36)37)14-15-28(38)35-18-16-34(17-19-35)20-22-8-2-1-3-9-22/h1-13H,14-21H2. The Morgan fingerprint density at radius 2 is 1.54 bits per heavy atom. The molecule has 0 radical (unpaired) electrons. The summed E-state index contributed by atoms with van der Waals surface area (Å²) < 4.78 is 3.51. The van der Waals surface area contributed by atoms with Crippen LogP contribution in [0.25, 0.3) is 16.7 Å². The third-order valence-corrected chi connectivity index (χ3v) is 7.77. The normalized spacial score (nSPS) is 14.3. The number of amides is 1. The molecule has 1 aliphatic heterocycles. The molecule has 1 amide bonds. The number of nitrogens with zero attached hydrogens (tertiary/aromatic N) is 6. The first-order valence-electron chi connectivity index (χ1n) is 13.2. The van der Waals surface area contributed by atoms with Gasteiger partial charge in [0.15, 0.2) is 0 Å². The number of aromatic nitrogens is 4. The molecular formula is C30H29ClN6O2. The number of carbonyl (C=O) groups is 1. The average Bonchev–Trinajstić information content (AvgIpc) is 3.40. The van der Waals surface area contributed by atoms with Gasteiger partial charge in [-0.2, -0.15) is 0 Å². The van der Waals surface area contributed by atoms with E-state index in [1.165, 1.54) is 5.56 Å². The second-order valence-electron chi connectivity index (χ2n) is 9.89. The van der Waals surface area contributed by atoms with Crippen LogP contribution in [-0.4, -0.2) is 61.1 Å². The predicted molar refractivity (Wildman–Crippen MR) is 152 cm³/mol. The summed E-state index contributed by atoms with van der Waals surface area (Å²) in [6.45, 7) is 4.31. The fourth-order valence-electron chi connectivity index (χ4n) is 5.29. The number of piperazine rings is 1. The van der Waals surface area contributed by atoms with Crippen molar-refractivity contribution in [1.29, 1.82) is 0 Å². The number of para-hydroxylation sites is 1. The van der Waals surface area contributed by atoms with Crippen LogP contribution in [0.2, 0.25) is 5.02 Å². The Kier molecular flexibility index (Phi) is 7.13. The lowest BCUT2D eigenvalue weighted by molar-refractivity contribution is -0.133. The zero-order valence-corrected chi connectivity index (χ0v) is 22.3. The molecular weight excluding hydrogens is 512 g/mol. The minimum Gasteiger partial charge on any atom is -0.340 e. The van der Waals surface area contributed by atoms with E-state index in [0.717, 1.165) is 30.7 Å². The molecule has 198 valence electrons. The molecule has 0 aliphatic carbocycles. The van der Waals surface area contributed by atoms with Crippen LogP contribution in [0.4, 0.5) is 0 Å². The van der Waals surface area contributed by atoms with Crippen LogP contribution >= 0.6 is 11.6 Å². The Morgan fingerprint density at radius 3 is 2.33 bits per heavy atom. The summed E-state index contributed by atoms with van der Waals surface area (Å²) in [6.07, 6.45) is 0.760. The van der Waals surface area contributed by atoms with Crippen LogP contribution in [0.15, 0.2) is 83.7 Å². The van der Waals surface area contributed by atoms with Gasteiger partial charge in [-0.05, 0) is 29.3 Å². The lowest BCUT2D eigenvalue weighted by atomic mass is 10.2. The molecule has 0 atom stereocenters. The molecule has 1 fully saturated rings. The van der Waals surface area contributed by atoms with Gasteiger partial charge in [-0.25, -0.2) is 0 Å². The quantitative estimate of drug-likeness (QED) is 0.312. The summed E-state index contributed by atoms with van der Waals surface area (Å²) in [5.41, 5.74) is 2.69. The number of hydrogen-bond acceptors (Lipinski definition) is 5. The molecule has 0 N–H and O–H groups in total. The summed E-state index contributed by atoms with van der Waals surface area (Å²) in [4.78, 5) is 30.9. The number of hydrogen-bond donors (Lipinski definition) is 0. The zero-order valence-electron chi connectivity index (χ0n) is 21.5. The highest BCUT2D eigenvalue weighted by Crippen LogP contribution is 2.20. The summed E-state index contributed by atoms with van der Waals surface area (Å²) in [5.74, 6) is 1.21. The van der Waals surface area contributed by atoms with Gasteiger partial charge >= 0.3 is 0 Å². The molecule has 0 spiro atoms. The number of rotatable bonds is 7. The van der Waals surface area contributed by atoms with Gasteiger partial charge in [-0.15, -0.1) is 10.2 Å². The van der Waals surface area contributed by atoms with E-state index >= 15 is 0 Å². The molecule has 0 bridgehead atoms.